The Kier molecular flexibility index (Phi) is 6.66. The van der Waals surface area contributed by atoms with Gasteiger partial charge < -0.3 is 10.2 Å². The van der Waals surface area contributed by atoms with Gasteiger partial charge in [-0.25, -0.2) is 0 Å². The molecule has 1 aliphatic heterocycles. The summed E-state index contributed by atoms with van der Waals surface area (Å²) in [5.41, 5.74) is 1.39. The number of hydrogen-bond acceptors (Lipinski definition) is 3. The second kappa shape index (κ2) is 9.38. The Labute approximate surface area is 156 Å². The average molecular weight is 355 g/mol. The summed E-state index contributed by atoms with van der Waals surface area (Å²) in [6.07, 6.45) is 3.84. The number of aliphatic imine (C=N–C) groups is 1. The van der Waals surface area contributed by atoms with Gasteiger partial charge in [-0.2, -0.15) is 5.10 Å². The molecule has 1 saturated heterocycles. The van der Waals surface area contributed by atoms with Gasteiger partial charge in [0.15, 0.2) is 5.96 Å². The summed E-state index contributed by atoms with van der Waals surface area (Å²) >= 11 is 0. The van der Waals surface area contributed by atoms with E-state index >= 15 is 0 Å². The number of guanidine groups is 1. The second-order valence-corrected chi connectivity index (χ2v) is 7.01. The number of aromatic nitrogens is 2. The molecule has 1 aliphatic rings. The van der Waals surface area contributed by atoms with Crippen LogP contribution in [0.4, 0.5) is 0 Å². The maximum atomic E-state index is 4.48. The number of hydrogen-bond donors (Lipinski definition) is 1. The summed E-state index contributed by atoms with van der Waals surface area (Å²) in [6, 6.07) is 12.7. The van der Waals surface area contributed by atoms with Gasteiger partial charge >= 0.3 is 0 Å². The van der Waals surface area contributed by atoms with Crippen LogP contribution in [-0.2, 0) is 13.1 Å². The first kappa shape index (κ1) is 18.5. The van der Waals surface area contributed by atoms with Crippen molar-refractivity contribution in [3.63, 3.8) is 0 Å². The smallest absolute Gasteiger partial charge is 0.193 e. The third-order valence-electron chi connectivity index (χ3n) is 4.80. The van der Waals surface area contributed by atoms with Crippen molar-refractivity contribution in [1.29, 1.82) is 0 Å². The molecule has 2 heterocycles. The van der Waals surface area contributed by atoms with E-state index in [1.54, 1.807) is 0 Å². The van der Waals surface area contributed by atoms with Crippen molar-refractivity contribution < 1.29 is 0 Å². The molecule has 0 bridgehead atoms. The van der Waals surface area contributed by atoms with E-state index in [-0.39, 0.29) is 0 Å². The Hall–Kier alpha value is -2.34. The van der Waals surface area contributed by atoms with Gasteiger partial charge in [0.2, 0.25) is 0 Å². The molecule has 1 unspecified atom stereocenters. The molecule has 1 atom stereocenters. The summed E-state index contributed by atoms with van der Waals surface area (Å²) in [5.74, 6) is 1.50. The van der Waals surface area contributed by atoms with Crippen molar-refractivity contribution >= 4 is 5.96 Å². The summed E-state index contributed by atoms with van der Waals surface area (Å²) in [7, 11) is 1.87. The molecule has 0 amide bonds. The molecule has 0 saturated carbocycles. The van der Waals surface area contributed by atoms with Crippen LogP contribution in [0.2, 0.25) is 0 Å². The lowest BCUT2D eigenvalue weighted by Crippen LogP contribution is -2.52. The standard InChI is InChI=1S/C20H30N6/c1-18(16-26-10-6-9-23-26)15-22-20(21-2)25-13-11-24(12-14-25)17-19-7-4-3-5-8-19/h3-10,18H,11-17H2,1-2H3,(H,21,22). The molecular weight excluding hydrogens is 324 g/mol. The third-order valence-corrected chi connectivity index (χ3v) is 4.80. The van der Waals surface area contributed by atoms with Crippen LogP contribution in [0.1, 0.15) is 12.5 Å². The topological polar surface area (TPSA) is 48.7 Å². The van der Waals surface area contributed by atoms with Gasteiger partial charge in [0.05, 0.1) is 0 Å². The SMILES string of the molecule is CN=C(NCC(C)Cn1cccn1)N1CCN(Cc2ccccc2)CC1. The first-order valence-corrected chi connectivity index (χ1v) is 9.44. The summed E-state index contributed by atoms with van der Waals surface area (Å²) < 4.78 is 1.98. The van der Waals surface area contributed by atoms with Gasteiger partial charge in [0, 0.05) is 65.3 Å². The molecular formula is C20H30N6. The van der Waals surface area contributed by atoms with Crippen LogP contribution in [0.5, 0.6) is 0 Å². The lowest BCUT2D eigenvalue weighted by atomic mass is 10.2. The maximum absolute atomic E-state index is 4.48. The van der Waals surface area contributed by atoms with E-state index in [1.165, 1.54) is 5.56 Å². The third kappa shape index (κ3) is 5.33. The Morgan fingerprint density at radius 3 is 2.58 bits per heavy atom. The van der Waals surface area contributed by atoms with Crippen molar-refractivity contribution in [3.05, 3.63) is 54.4 Å². The Morgan fingerprint density at radius 1 is 1.15 bits per heavy atom. The van der Waals surface area contributed by atoms with Crippen LogP contribution in [-0.4, -0.2) is 65.3 Å². The van der Waals surface area contributed by atoms with Crippen LogP contribution >= 0.6 is 0 Å². The number of nitrogens with zero attached hydrogens (tertiary/aromatic N) is 5. The van der Waals surface area contributed by atoms with Gasteiger partial charge in [-0.3, -0.25) is 14.6 Å². The second-order valence-electron chi connectivity index (χ2n) is 7.01. The molecule has 26 heavy (non-hydrogen) atoms. The lowest BCUT2D eigenvalue weighted by Gasteiger charge is -2.36. The van der Waals surface area contributed by atoms with E-state index in [0.717, 1.165) is 51.8 Å². The Morgan fingerprint density at radius 2 is 1.92 bits per heavy atom. The lowest BCUT2D eigenvalue weighted by molar-refractivity contribution is 0.172. The highest BCUT2D eigenvalue weighted by molar-refractivity contribution is 5.80. The molecule has 6 heteroatoms. The largest absolute Gasteiger partial charge is 0.356 e. The molecule has 0 aliphatic carbocycles. The highest BCUT2D eigenvalue weighted by Gasteiger charge is 2.19. The van der Waals surface area contributed by atoms with Gasteiger partial charge in [-0.1, -0.05) is 37.3 Å². The molecule has 0 spiro atoms. The summed E-state index contributed by atoms with van der Waals surface area (Å²) in [6.45, 7) is 9.25. The molecule has 6 nitrogen and oxygen atoms in total. The van der Waals surface area contributed by atoms with Crippen LogP contribution in [0.3, 0.4) is 0 Å². The van der Waals surface area contributed by atoms with Crippen molar-refractivity contribution in [2.24, 2.45) is 10.9 Å². The number of piperazine rings is 1. The molecule has 1 fully saturated rings. The van der Waals surface area contributed by atoms with Crippen molar-refractivity contribution in [2.45, 2.75) is 20.0 Å². The zero-order valence-electron chi connectivity index (χ0n) is 15.9. The molecule has 140 valence electrons. The monoisotopic (exact) mass is 354 g/mol. The molecule has 0 radical (unpaired) electrons. The molecule has 3 rings (SSSR count). The van der Waals surface area contributed by atoms with Crippen molar-refractivity contribution in [1.82, 2.24) is 24.9 Å². The zero-order valence-corrected chi connectivity index (χ0v) is 15.9. The minimum absolute atomic E-state index is 0.492. The maximum Gasteiger partial charge on any atom is 0.193 e. The fourth-order valence-electron chi connectivity index (χ4n) is 3.35. The van der Waals surface area contributed by atoms with Gasteiger partial charge in [-0.15, -0.1) is 0 Å². The molecule has 2 aromatic rings. The number of nitrogens with one attached hydrogen (secondary N) is 1. The summed E-state index contributed by atoms with van der Waals surface area (Å²) in [4.78, 5) is 9.36. The highest BCUT2D eigenvalue weighted by Crippen LogP contribution is 2.09. The van der Waals surface area contributed by atoms with Crippen LogP contribution < -0.4 is 5.32 Å². The fraction of sp³-hybridized carbons (Fsp3) is 0.500. The van der Waals surface area contributed by atoms with Crippen molar-refractivity contribution in [3.8, 4) is 0 Å². The summed E-state index contributed by atoms with van der Waals surface area (Å²) in [5, 5.41) is 7.81. The zero-order chi connectivity index (χ0) is 18.2. The minimum Gasteiger partial charge on any atom is -0.356 e. The normalized spacial score (nSPS) is 17.3. The van der Waals surface area contributed by atoms with E-state index in [4.69, 9.17) is 0 Å². The Balaban J connectivity index is 1.42. The quantitative estimate of drug-likeness (QED) is 0.636. The van der Waals surface area contributed by atoms with E-state index in [1.807, 2.05) is 30.2 Å². The first-order valence-electron chi connectivity index (χ1n) is 9.44. The van der Waals surface area contributed by atoms with E-state index < -0.39 is 0 Å². The highest BCUT2D eigenvalue weighted by atomic mass is 15.3. The van der Waals surface area contributed by atoms with Gasteiger partial charge in [0.25, 0.3) is 0 Å². The first-order chi connectivity index (χ1) is 12.7. The van der Waals surface area contributed by atoms with Crippen LogP contribution in [0, 0.1) is 5.92 Å². The van der Waals surface area contributed by atoms with Crippen LogP contribution in [0.25, 0.3) is 0 Å². The predicted molar refractivity (Wildman–Crippen MR) is 106 cm³/mol. The predicted octanol–water partition coefficient (Wildman–Crippen LogP) is 1.91. The average Bonchev–Trinajstić information content (AvgIpc) is 3.17. The van der Waals surface area contributed by atoms with Gasteiger partial charge in [-0.05, 0) is 17.5 Å². The molecule has 1 aromatic heterocycles. The fourth-order valence-corrected chi connectivity index (χ4v) is 3.35. The van der Waals surface area contributed by atoms with Gasteiger partial charge in [0.1, 0.15) is 0 Å². The van der Waals surface area contributed by atoms with Crippen LogP contribution in [0.15, 0.2) is 53.8 Å². The minimum atomic E-state index is 0.492. The molecule has 1 aromatic carbocycles. The Bertz CT molecular complexity index is 659. The van der Waals surface area contributed by atoms with E-state index in [2.05, 4.69) is 62.5 Å². The number of rotatable bonds is 6. The van der Waals surface area contributed by atoms with E-state index in [0.29, 0.717) is 5.92 Å². The molecule has 1 N–H and O–H groups in total. The number of benzene rings is 1. The van der Waals surface area contributed by atoms with Crippen molar-refractivity contribution in [2.75, 3.05) is 39.8 Å². The van der Waals surface area contributed by atoms with E-state index in [9.17, 15) is 0 Å².